The Labute approximate surface area is 109 Å². The first-order chi connectivity index (χ1) is 8.58. The Hall–Kier alpha value is -2.20. The van der Waals surface area contributed by atoms with Crippen molar-refractivity contribution in [2.75, 3.05) is 5.73 Å². The van der Waals surface area contributed by atoms with Crippen molar-refractivity contribution in [3.05, 3.63) is 53.1 Å². The molecule has 4 nitrogen and oxygen atoms in total. The van der Waals surface area contributed by atoms with Crippen LogP contribution in [0.3, 0.4) is 0 Å². The molecule has 0 bridgehead atoms. The first-order valence-corrected chi connectivity index (χ1v) is 5.57. The quantitative estimate of drug-likeness (QED) is 0.835. The Kier molecular flexibility index (Phi) is 3.39. The van der Waals surface area contributed by atoms with Crippen LogP contribution in [0, 0.1) is 0 Å². The number of nitrogen functional groups attached to an aromatic ring is 1. The SMILES string of the molecule is NC(=O)c1cccc(Oc2ccc(Cl)cc2)c1N. The van der Waals surface area contributed by atoms with Gasteiger partial charge in [-0.25, -0.2) is 0 Å². The average molecular weight is 263 g/mol. The Morgan fingerprint density at radius 3 is 2.39 bits per heavy atom. The number of hydrogen-bond acceptors (Lipinski definition) is 3. The van der Waals surface area contributed by atoms with E-state index in [-0.39, 0.29) is 11.3 Å². The lowest BCUT2D eigenvalue weighted by molar-refractivity contribution is 0.100. The number of primary amides is 1. The first-order valence-electron chi connectivity index (χ1n) is 5.19. The molecule has 0 saturated heterocycles. The second kappa shape index (κ2) is 4.98. The molecule has 0 aromatic heterocycles. The van der Waals surface area contributed by atoms with Crippen LogP contribution in [0.1, 0.15) is 10.4 Å². The van der Waals surface area contributed by atoms with E-state index in [0.717, 1.165) is 0 Å². The van der Waals surface area contributed by atoms with E-state index in [1.54, 1.807) is 42.5 Å². The lowest BCUT2D eigenvalue weighted by atomic mass is 10.1. The molecule has 0 radical (unpaired) electrons. The van der Waals surface area contributed by atoms with Gasteiger partial charge < -0.3 is 16.2 Å². The molecule has 2 aromatic rings. The van der Waals surface area contributed by atoms with Crippen LogP contribution in [-0.2, 0) is 0 Å². The van der Waals surface area contributed by atoms with Crippen LogP contribution in [0.15, 0.2) is 42.5 Å². The molecule has 0 fully saturated rings. The van der Waals surface area contributed by atoms with Gasteiger partial charge in [0.1, 0.15) is 5.75 Å². The monoisotopic (exact) mass is 262 g/mol. The zero-order valence-corrected chi connectivity index (χ0v) is 10.1. The fourth-order valence-corrected chi connectivity index (χ4v) is 1.60. The Morgan fingerprint density at radius 2 is 1.78 bits per heavy atom. The summed E-state index contributed by atoms with van der Waals surface area (Å²) < 4.78 is 5.56. The fraction of sp³-hybridized carbons (Fsp3) is 0. The molecule has 0 aliphatic carbocycles. The molecule has 2 rings (SSSR count). The summed E-state index contributed by atoms with van der Waals surface area (Å²) in [4.78, 5) is 11.1. The number of hydrogen-bond donors (Lipinski definition) is 2. The van der Waals surface area contributed by atoms with Gasteiger partial charge >= 0.3 is 0 Å². The number of nitrogens with two attached hydrogens (primary N) is 2. The molecule has 0 unspecified atom stereocenters. The minimum absolute atomic E-state index is 0.222. The predicted molar refractivity (Wildman–Crippen MR) is 70.9 cm³/mol. The van der Waals surface area contributed by atoms with Gasteiger partial charge in [0.15, 0.2) is 5.75 Å². The van der Waals surface area contributed by atoms with Crippen molar-refractivity contribution in [1.82, 2.24) is 0 Å². The highest BCUT2D eigenvalue weighted by molar-refractivity contribution is 6.30. The van der Waals surface area contributed by atoms with Crippen LogP contribution in [0.5, 0.6) is 11.5 Å². The number of amides is 1. The fourth-order valence-electron chi connectivity index (χ4n) is 1.48. The van der Waals surface area contributed by atoms with Crippen molar-refractivity contribution in [3.63, 3.8) is 0 Å². The maximum Gasteiger partial charge on any atom is 0.250 e. The molecule has 2 aromatic carbocycles. The van der Waals surface area contributed by atoms with Crippen LogP contribution in [-0.4, -0.2) is 5.91 Å². The van der Waals surface area contributed by atoms with Gasteiger partial charge in [0.25, 0.3) is 5.91 Å². The minimum Gasteiger partial charge on any atom is -0.455 e. The predicted octanol–water partition coefficient (Wildman–Crippen LogP) is 2.81. The Balaban J connectivity index is 2.32. The van der Waals surface area contributed by atoms with Crippen LogP contribution in [0.25, 0.3) is 0 Å². The maximum absolute atomic E-state index is 11.1. The van der Waals surface area contributed by atoms with E-state index in [9.17, 15) is 4.79 Å². The smallest absolute Gasteiger partial charge is 0.250 e. The summed E-state index contributed by atoms with van der Waals surface area (Å²) in [5.41, 5.74) is 11.5. The minimum atomic E-state index is -0.589. The van der Waals surface area contributed by atoms with E-state index in [2.05, 4.69) is 0 Å². The molecular weight excluding hydrogens is 252 g/mol. The number of ether oxygens (including phenoxy) is 1. The summed E-state index contributed by atoms with van der Waals surface area (Å²) in [6, 6.07) is 11.7. The zero-order chi connectivity index (χ0) is 13.1. The molecule has 0 saturated carbocycles. The lowest BCUT2D eigenvalue weighted by Gasteiger charge is -2.10. The molecule has 0 aliphatic heterocycles. The molecule has 92 valence electrons. The van der Waals surface area contributed by atoms with Crippen LogP contribution in [0.2, 0.25) is 5.02 Å². The van der Waals surface area contributed by atoms with E-state index in [0.29, 0.717) is 16.5 Å². The van der Waals surface area contributed by atoms with E-state index < -0.39 is 5.91 Å². The van der Waals surface area contributed by atoms with E-state index in [1.165, 1.54) is 0 Å². The third-order valence-electron chi connectivity index (χ3n) is 2.37. The molecule has 0 aliphatic rings. The summed E-state index contributed by atoms with van der Waals surface area (Å²) in [5.74, 6) is 0.371. The zero-order valence-electron chi connectivity index (χ0n) is 9.39. The van der Waals surface area contributed by atoms with Crippen molar-refractivity contribution in [2.45, 2.75) is 0 Å². The summed E-state index contributed by atoms with van der Waals surface area (Å²) in [7, 11) is 0. The molecule has 1 amide bonds. The number of halogens is 1. The second-order valence-electron chi connectivity index (χ2n) is 3.64. The number of benzene rings is 2. The van der Waals surface area contributed by atoms with Gasteiger partial charge in [-0.1, -0.05) is 17.7 Å². The molecule has 4 N–H and O–H groups in total. The van der Waals surface area contributed by atoms with Crippen LogP contribution < -0.4 is 16.2 Å². The second-order valence-corrected chi connectivity index (χ2v) is 4.07. The van der Waals surface area contributed by atoms with Crippen molar-refractivity contribution in [3.8, 4) is 11.5 Å². The molecular formula is C13H11ClN2O2. The van der Waals surface area contributed by atoms with Gasteiger partial charge in [0.2, 0.25) is 0 Å². The normalized spacial score (nSPS) is 10.1. The largest absolute Gasteiger partial charge is 0.455 e. The molecule has 0 heterocycles. The number of rotatable bonds is 3. The first kappa shape index (κ1) is 12.3. The molecule has 0 atom stereocenters. The number of carbonyl (C=O) groups is 1. The Bertz CT molecular complexity index is 582. The van der Waals surface area contributed by atoms with Gasteiger partial charge in [-0.3, -0.25) is 4.79 Å². The summed E-state index contributed by atoms with van der Waals surface area (Å²) >= 11 is 5.77. The topological polar surface area (TPSA) is 78.3 Å². The summed E-state index contributed by atoms with van der Waals surface area (Å²) in [5, 5.41) is 0.612. The van der Waals surface area contributed by atoms with Gasteiger partial charge in [-0.15, -0.1) is 0 Å². The third-order valence-corrected chi connectivity index (χ3v) is 2.63. The maximum atomic E-state index is 11.1. The molecule has 18 heavy (non-hydrogen) atoms. The van der Waals surface area contributed by atoms with Gasteiger partial charge in [0, 0.05) is 5.02 Å². The molecule has 5 heteroatoms. The molecule has 0 spiro atoms. The van der Waals surface area contributed by atoms with Crippen LogP contribution >= 0.6 is 11.6 Å². The number of para-hydroxylation sites is 1. The van der Waals surface area contributed by atoms with Crippen molar-refractivity contribution in [1.29, 1.82) is 0 Å². The highest BCUT2D eigenvalue weighted by Crippen LogP contribution is 2.30. The third kappa shape index (κ3) is 2.55. The van der Waals surface area contributed by atoms with Gasteiger partial charge in [0.05, 0.1) is 11.3 Å². The highest BCUT2D eigenvalue weighted by Gasteiger charge is 2.10. The summed E-state index contributed by atoms with van der Waals surface area (Å²) in [6.07, 6.45) is 0. The Morgan fingerprint density at radius 1 is 1.11 bits per heavy atom. The summed E-state index contributed by atoms with van der Waals surface area (Å²) in [6.45, 7) is 0. The number of anilines is 1. The van der Waals surface area contributed by atoms with Crippen molar-refractivity contribution >= 4 is 23.2 Å². The van der Waals surface area contributed by atoms with E-state index in [4.69, 9.17) is 27.8 Å². The van der Waals surface area contributed by atoms with E-state index in [1.807, 2.05) is 0 Å². The average Bonchev–Trinajstić information content (AvgIpc) is 2.34. The lowest BCUT2D eigenvalue weighted by Crippen LogP contribution is -2.13. The van der Waals surface area contributed by atoms with Crippen LogP contribution in [0.4, 0.5) is 5.69 Å². The van der Waals surface area contributed by atoms with Crippen molar-refractivity contribution < 1.29 is 9.53 Å². The van der Waals surface area contributed by atoms with Gasteiger partial charge in [-0.2, -0.15) is 0 Å². The van der Waals surface area contributed by atoms with Crippen molar-refractivity contribution in [2.24, 2.45) is 5.73 Å². The number of carbonyl (C=O) groups excluding carboxylic acids is 1. The standard InChI is InChI=1S/C13H11ClN2O2/c14-8-4-6-9(7-5-8)18-11-3-1-2-10(12(11)15)13(16)17/h1-7H,15H2,(H2,16,17). The van der Waals surface area contributed by atoms with E-state index >= 15 is 0 Å². The van der Waals surface area contributed by atoms with Gasteiger partial charge in [-0.05, 0) is 36.4 Å². The highest BCUT2D eigenvalue weighted by atomic mass is 35.5.